The molecule has 0 spiro atoms. The first kappa shape index (κ1) is 12.0. The van der Waals surface area contributed by atoms with Gasteiger partial charge in [-0.1, -0.05) is 6.92 Å². The number of phenols is 1. The van der Waals surface area contributed by atoms with Crippen LogP contribution >= 0.6 is 15.9 Å². The van der Waals surface area contributed by atoms with Gasteiger partial charge in [-0.3, -0.25) is 4.79 Å². The van der Waals surface area contributed by atoms with Crippen LogP contribution in [-0.2, 0) is 11.2 Å². The van der Waals surface area contributed by atoms with Crippen LogP contribution in [0.5, 0.6) is 5.75 Å². The summed E-state index contributed by atoms with van der Waals surface area (Å²) in [5, 5.41) is 18.4. The van der Waals surface area contributed by atoms with E-state index in [1.165, 1.54) is 0 Å². The number of nitrogens with two attached hydrogens (primary N) is 1. The molecular weight excluding hydrogens is 262 g/mol. The molecule has 0 heterocycles. The van der Waals surface area contributed by atoms with Crippen LogP contribution in [0.2, 0.25) is 0 Å². The summed E-state index contributed by atoms with van der Waals surface area (Å²) in [7, 11) is 0. The van der Waals surface area contributed by atoms with E-state index in [4.69, 9.17) is 10.8 Å². The van der Waals surface area contributed by atoms with Crippen molar-refractivity contribution in [3.63, 3.8) is 0 Å². The highest BCUT2D eigenvalue weighted by Gasteiger charge is 2.20. The van der Waals surface area contributed by atoms with E-state index in [1.807, 2.05) is 6.92 Å². The number of hydrogen-bond donors (Lipinski definition) is 3. The van der Waals surface area contributed by atoms with E-state index in [2.05, 4.69) is 15.9 Å². The van der Waals surface area contributed by atoms with Crippen LogP contribution in [0.1, 0.15) is 24.1 Å². The van der Waals surface area contributed by atoms with E-state index in [1.54, 1.807) is 12.1 Å². The number of aromatic hydroxyl groups is 1. The van der Waals surface area contributed by atoms with Gasteiger partial charge in [0.05, 0.1) is 4.47 Å². The molecule has 0 aromatic heterocycles. The van der Waals surface area contributed by atoms with Crippen LogP contribution in [0.25, 0.3) is 0 Å². The minimum Gasteiger partial charge on any atom is -0.506 e. The molecule has 4 N–H and O–H groups in total. The van der Waals surface area contributed by atoms with E-state index in [9.17, 15) is 9.90 Å². The quantitative estimate of drug-likeness (QED) is 0.784. The molecule has 0 radical (unpaired) electrons. The molecule has 5 heteroatoms. The third-order valence-electron chi connectivity index (χ3n) is 2.16. The molecule has 1 atom stereocenters. The van der Waals surface area contributed by atoms with Crippen LogP contribution in [0, 0.1) is 0 Å². The lowest BCUT2D eigenvalue weighted by molar-refractivity contribution is -0.138. The molecule has 1 unspecified atom stereocenters. The average molecular weight is 274 g/mol. The molecule has 1 aromatic rings. The second kappa shape index (κ2) is 4.63. The first-order valence-corrected chi connectivity index (χ1v) is 5.26. The van der Waals surface area contributed by atoms with Gasteiger partial charge in [-0.25, -0.2) is 0 Å². The van der Waals surface area contributed by atoms with Crippen molar-refractivity contribution < 1.29 is 15.0 Å². The molecule has 0 saturated carbocycles. The van der Waals surface area contributed by atoms with Gasteiger partial charge in [0.15, 0.2) is 0 Å². The van der Waals surface area contributed by atoms with Gasteiger partial charge in [0.2, 0.25) is 0 Å². The Balaban J connectivity index is 3.27. The summed E-state index contributed by atoms with van der Waals surface area (Å²) in [6.45, 7) is 1.94. The van der Waals surface area contributed by atoms with Crippen LogP contribution < -0.4 is 5.73 Å². The molecule has 1 aromatic carbocycles. The van der Waals surface area contributed by atoms with Crippen molar-refractivity contribution in [3.8, 4) is 5.75 Å². The lowest BCUT2D eigenvalue weighted by Gasteiger charge is -2.12. The van der Waals surface area contributed by atoms with Crippen LogP contribution in [0.4, 0.5) is 0 Å². The van der Waals surface area contributed by atoms with Crippen LogP contribution in [0.15, 0.2) is 16.6 Å². The molecule has 82 valence electrons. The standard InChI is InChI=1S/C10H12BrNO3/c1-2-5-3-6(8(12)10(14)15)9(13)7(11)4-5/h3-4,8,13H,2,12H2,1H3,(H,14,15). The lowest BCUT2D eigenvalue weighted by atomic mass is 10.0. The van der Waals surface area contributed by atoms with E-state index in [0.717, 1.165) is 12.0 Å². The number of carboxylic acid groups (broad SMARTS) is 1. The summed E-state index contributed by atoms with van der Waals surface area (Å²) in [6.07, 6.45) is 0.748. The molecule has 0 amide bonds. The summed E-state index contributed by atoms with van der Waals surface area (Å²) in [6, 6.07) is 2.15. The van der Waals surface area contributed by atoms with Gasteiger partial charge < -0.3 is 15.9 Å². The summed E-state index contributed by atoms with van der Waals surface area (Å²) in [5.74, 6) is -1.27. The lowest BCUT2D eigenvalue weighted by Crippen LogP contribution is -2.21. The molecule has 0 bridgehead atoms. The molecule has 4 nitrogen and oxygen atoms in total. The fourth-order valence-corrected chi connectivity index (χ4v) is 1.78. The molecule has 1 rings (SSSR count). The van der Waals surface area contributed by atoms with Crippen molar-refractivity contribution in [1.29, 1.82) is 0 Å². The zero-order valence-corrected chi connectivity index (χ0v) is 9.78. The highest BCUT2D eigenvalue weighted by molar-refractivity contribution is 9.10. The fraction of sp³-hybridized carbons (Fsp3) is 0.300. The van der Waals surface area contributed by atoms with Gasteiger partial charge in [0.1, 0.15) is 11.8 Å². The molecular formula is C10H12BrNO3. The first-order valence-electron chi connectivity index (χ1n) is 4.47. The van der Waals surface area contributed by atoms with Gasteiger partial charge >= 0.3 is 5.97 Å². The van der Waals surface area contributed by atoms with Gasteiger partial charge in [0.25, 0.3) is 0 Å². The van der Waals surface area contributed by atoms with Crippen molar-refractivity contribution in [1.82, 2.24) is 0 Å². The minimum absolute atomic E-state index is 0.109. The molecule has 0 saturated heterocycles. The number of benzene rings is 1. The molecule has 0 aliphatic heterocycles. The number of carbonyl (C=O) groups is 1. The Hall–Kier alpha value is -1.07. The second-order valence-corrected chi connectivity index (χ2v) is 4.04. The highest BCUT2D eigenvalue weighted by atomic mass is 79.9. The van der Waals surface area contributed by atoms with E-state index < -0.39 is 12.0 Å². The Bertz CT molecular complexity index is 392. The molecule has 15 heavy (non-hydrogen) atoms. The SMILES string of the molecule is CCc1cc(Br)c(O)c(C(N)C(=O)O)c1. The summed E-state index contributed by atoms with van der Waals surface area (Å²) >= 11 is 3.16. The van der Waals surface area contributed by atoms with E-state index >= 15 is 0 Å². The predicted octanol–water partition coefficient (Wildman–Crippen LogP) is 1.80. The monoisotopic (exact) mass is 273 g/mol. The molecule has 0 aliphatic carbocycles. The van der Waals surface area contributed by atoms with E-state index in [-0.39, 0.29) is 11.3 Å². The van der Waals surface area contributed by atoms with Gasteiger partial charge in [-0.15, -0.1) is 0 Å². The maximum atomic E-state index is 10.7. The number of aliphatic carboxylic acids is 1. The Morgan fingerprint density at radius 2 is 2.20 bits per heavy atom. The van der Waals surface area contributed by atoms with Crippen molar-refractivity contribution in [2.45, 2.75) is 19.4 Å². The zero-order valence-electron chi connectivity index (χ0n) is 8.20. The van der Waals surface area contributed by atoms with Gasteiger partial charge in [-0.05, 0) is 40.0 Å². The van der Waals surface area contributed by atoms with Gasteiger partial charge in [-0.2, -0.15) is 0 Å². The maximum absolute atomic E-state index is 10.7. The second-order valence-electron chi connectivity index (χ2n) is 3.18. The number of carboxylic acids is 1. The third-order valence-corrected chi connectivity index (χ3v) is 2.77. The van der Waals surface area contributed by atoms with Crippen molar-refractivity contribution in [3.05, 3.63) is 27.7 Å². The zero-order chi connectivity index (χ0) is 11.6. The summed E-state index contributed by atoms with van der Waals surface area (Å²) in [4.78, 5) is 10.7. The van der Waals surface area contributed by atoms with E-state index in [0.29, 0.717) is 4.47 Å². The third kappa shape index (κ3) is 2.49. The topological polar surface area (TPSA) is 83.5 Å². The Kier molecular flexibility index (Phi) is 3.71. The number of halogens is 1. The maximum Gasteiger partial charge on any atom is 0.325 e. The highest BCUT2D eigenvalue weighted by Crippen LogP contribution is 2.32. The number of hydrogen-bond acceptors (Lipinski definition) is 3. The van der Waals surface area contributed by atoms with Crippen LogP contribution in [0.3, 0.4) is 0 Å². The summed E-state index contributed by atoms with van der Waals surface area (Å²) < 4.78 is 0.466. The molecule has 0 fully saturated rings. The summed E-state index contributed by atoms with van der Waals surface area (Å²) in [5.41, 5.74) is 6.60. The molecule has 0 aliphatic rings. The van der Waals surface area contributed by atoms with Crippen LogP contribution in [-0.4, -0.2) is 16.2 Å². The Labute approximate surface area is 95.8 Å². The average Bonchev–Trinajstić information content (AvgIpc) is 2.20. The largest absolute Gasteiger partial charge is 0.506 e. The normalized spacial score (nSPS) is 12.5. The van der Waals surface area contributed by atoms with Crippen molar-refractivity contribution >= 4 is 21.9 Å². The van der Waals surface area contributed by atoms with Crippen molar-refractivity contribution in [2.24, 2.45) is 5.73 Å². The number of rotatable bonds is 3. The first-order chi connectivity index (χ1) is 6.97. The fourth-order valence-electron chi connectivity index (χ4n) is 1.25. The van der Waals surface area contributed by atoms with Crippen molar-refractivity contribution in [2.75, 3.05) is 0 Å². The Morgan fingerprint density at radius 1 is 1.60 bits per heavy atom. The number of phenolic OH excluding ortho intramolecular Hbond substituents is 1. The Morgan fingerprint density at radius 3 is 2.67 bits per heavy atom. The predicted molar refractivity (Wildman–Crippen MR) is 59.7 cm³/mol. The van der Waals surface area contributed by atoms with Gasteiger partial charge in [0, 0.05) is 5.56 Å². The minimum atomic E-state index is -1.20. The smallest absolute Gasteiger partial charge is 0.325 e. The number of aryl methyl sites for hydroxylation is 1.